The summed E-state index contributed by atoms with van der Waals surface area (Å²) < 4.78 is 0. The topological polar surface area (TPSA) is 41.1 Å². The number of urea groups is 1. The molecule has 0 fully saturated rings. The van der Waals surface area contributed by atoms with Crippen LogP contribution in [0.1, 0.15) is 31.4 Å². The minimum absolute atomic E-state index is 0.281. The van der Waals surface area contributed by atoms with Crippen LogP contribution in [0.5, 0.6) is 0 Å². The molecule has 0 bridgehead atoms. The lowest BCUT2D eigenvalue weighted by molar-refractivity contribution is 0.255. The summed E-state index contributed by atoms with van der Waals surface area (Å²) in [5.41, 5.74) is 3.79. The normalized spacial score (nSPS) is 11.3. The summed E-state index contributed by atoms with van der Waals surface area (Å²) in [6.45, 7) is 7.88. The molecule has 0 aliphatic rings. The second-order valence-electron chi connectivity index (χ2n) is 4.38. The van der Waals surface area contributed by atoms with Gasteiger partial charge in [-0.25, -0.2) is 4.79 Å². The molecule has 0 aromatic heterocycles. The van der Waals surface area contributed by atoms with Crippen LogP contribution >= 0.6 is 11.6 Å². The molecule has 3 nitrogen and oxygen atoms in total. The zero-order chi connectivity index (χ0) is 13.7. The largest absolute Gasteiger partial charge is 0.323 e. The van der Waals surface area contributed by atoms with Gasteiger partial charge in [-0.1, -0.05) is 30.2 Å². The number of hydrogen-bond acceptors (Lipinski definition) is 1. The average Bonchev–Trinajstić information content (AvgIpc) is 2.30. The Hall–Kier alpha value is -1.48. The predicted octanol–water partition coefficient (Wildman–Crippen LogP) is 4.39. The second kappa shape index (κ2) is 6.45. The zero-order valence-electron chi connectivity index (χ0n) is 11.2. The highest BCUT2D eigenvalue weighted by Gasteiger charge is 2.08. The lowest BCUT2D eigenvalue weighted by atomic mass is 10.1. The maximum absolute atomic E-state index is 11.7. The maximum Gasteiger partial charge on any atom is 0.323 e. The molecule has 0 saturated carbocycles. The van der Waals surface area contributed by atoms with Gasteiger partial charge in [0.2, 0.25) is 0 Å². The van der Waals surface area contributed by atoms with E-state index in [4.69, 9.17) is 11.6 Å². The van der Waals surface area contributed by atoms with Crippen molar-refractivity contribution < 1.29 is 4.79 Å². The van der Waals surface area contributed by atoms with Crippen molar-refractivity contribution in [2.75, 3.05) is 5.32 Å². The molecule has 0 heterocycles. The Morgan fingerprint density at radius 3 is 2.61 bits per heavy atom. The molecule has 0 unspecified atom stereocenters. The Morgan fingerprint density at radius 2 is 2.06 bits per heavy atom. The summed E-state index contributed by atoms with van der Waals surface area (Å²) in [4.78, 5) is 11.7. The van der Waals surface area contributed by atoms with Crippen LogP contribution < -0.4 is 10.6 Å². The number of allylic oxidation sites excluding steroid dienone is 1. The molecule has 1 aromatic rings. The first-order chi connectivity index (χ1) is 8.43. The van der Waals surface area contributed by atoms with Crippen molar-refractivity contribution in [2.24, 2.45) is 0 Å². The summed E-state index contributed by atoms with van der Waals surface area (Å²) in [7, 11) is 0. The van der Waals surface area contributed by atoms with Gasteiger partial charge < -0.3 is 10.6 Å². The van der Waals surface area contributed by atoms with Crippen molar-refractivity contribution in [3.63, 3.8) is 0 Å². The van der Waals surface area contributed by atoms with Gasteiger partial charge in [0, 0.05) is 6.20 Å². The monoisotopic (exact) mass is 266 g/mol. The van der Waals surface area contributed by atoms with Crippen LogP contribution in [-0.4, -0.2) is 6.03 Å². The van der Waals surface area contributed by atoms with Crippen LogP contribution in [0.4, 0.5) is 10.5 Å². The van der Waals surface area contributed by atoms with Crippen molar-refractivity contribution in [1.82, 2.24) is 5.32 Å². The number of anilines is 1. The van der Waals surface area contributed by atoms with E-state index in [1.54, 1.807) is 6.20 Å². The lowest BCUT2D eigenvalue weighted by Crippen LogP contribution is -2.24. The first-order valence-corrected chi connectivity index (χ1v) is 6.31. The summed E-state index contributed by atoms with van der Waals surface area (Å²) in [5, 5.41) is 5.99. The number of halogens is 1. The van der Waals surface area contributed by atoms with Crippen LogP contribution in [-0.2, 0) is 0 Å². The molecular weight excluding hydrogens is 248 g/mol. The van der Waals surface area contributed by atoms with Crippen molar-refractivity contribution in [2.45, 2.75) is 34.1 Å². The second-order valence-corrected chi connectivity index (χ2v) is 4.79. The Labute approximate surface area is 113 Å². The van der Waals surface area contributed by atoms with Gasteiger partial charge in [0.15, 0.2) is 0 Å². The van der Waals surface area contributed by atoms with E-state index in [2.05, 4.69) is 10.6 Å². The molecule has 1 aromatic carbocycles. The first kappa shape index (κ1) is 14.6. The van der Waals surface area contributed by atoms with Crippen LogP contribution in [0.15, 0.2) is 23.9 Å². The van der Waals surface area contributed by atoms with Crippen LogP contribution in [0.25, 0.3) is 0 Å². The summed E-state index contributed by atoms with van der Waals surface area (Å²) in [6, 6.07) is 3.53. The van der Waals surface area contributed by atoms with E-state index in [0.29, 0.717) is 10.7 Å². The van der Waals surface area contributed by atoms with Crippen LogP contribution in [0.3, 0.4) is 0 Å². The highest BCUT2D eigenvalue weighted by molar-refractivity contribution is 6.34. The molecule has 2 N–H and O–H groups in total. The van der Waals surface area contributed by atoms with Crippen molar-refractivity contribution in [1.29, 1.82) is 0 Å². The lowest BCUT2D eigenvalue weighted by Gasteiger charge is -2.11. The van der Waals surface area contributed by atoms with Gasteiger partial charge in [-0.2, -0.15) is 0 Å². The zero-order valence-corrected chi connectivity index (χ0v) is 12.0. The molecule has 0 aliphatic carbocycles. The number of amides is 2. The third-order valence-corrected chi connectivity index (χ3v) is 2.98. The number of hydrogen-bond donors (Lipinski definition) is 2. The van der Waals surface area contributed by atoms with Gasteiger partial charge >= 0.3 is 6.03 Å². The fraction of sp³-hybridized carbons (Fsp3) is 0.357. The Kier molecular flexibility index (Phi) is 5.23. The van der Waals surface area contributed by atoms with E-state index in [0.717, 1.165) is 23.1 Å². The van der Waals surface area contributed by atoms with E-state index in [1.807, 2.05) is 39.8 Å². The number of nitrogens with one attached hydrogen (secondary N) is 2. The molecular formula is C14H19ClN2O. The molecule has 4 heteroatoms. The number of carbonyl (C=O) groups excluding carboxylic acids is 1. The summed E-state index contributed by atoms with van der Waals surface area (Å²) >= 11 is 6.11. The predicted molar refractivity (Wildman–Crippen MR) is 77.1 cm³/mol. The number of rotatable bonds is 3. The molecule has 1 rings (SSSR count). The molecule has 0 aliphatic heterocycles. The minimum Gasteiger partial charge on any atom is -0.314 e. The van der Waals surface area contributed by atoms with Gasteiger partial charge in [0.05, 0.1) is 10.7 Å². The smallest absolute Gasteiger partial charge is 0.314 e. The standard InChI is InChI=1S/C14H19ClN2O/c1-5-9(2)8-16-14(18)17-13-11(4)6-10(3)7-12(13)15/h6-8H,5H2,1-4H3,(H2,16,17,18)/b9-8+. The molecule has 0 spiro atoms. The highest BCUT2D eigenvalue weighted by Crippen LogP contribution is 2.27. The first-order valence-electron chi connectivity index (χ1n) is 5.94. The van der Waals surface area contributed by atoms with E-state index >= 15 is 0 Å². The Morgan fingerprint density at radius 1 is 1.39 bits per heavy atom. The van der Waals surface area contributed by atoms with Gasteiger partial charge in [0.1, 0.15) is 0 Å². The SMILES string of the molecule is CC/C(C)=C/NC(=O)Nc1c(C)cc(C)cc1Cl. The molecule has 0 radical (unpaired) electrons. The number of aryl methyl sites for hydroxylation is 2. The van der Waals surface area contributed by atoms with E-state index in [9.17, 15) is 4.79 Å². The molecule has 2 amide bonds. The third-order valence-electron chi connectivity index (χ3n) is 2.68. The summed E-state index contributed by atoms with van der Waals surface area (Å²) in [6.07, 6.45) is 2.61. The molecule has 98 valence electrons. The molecule has 0 atom stereocenters. The van der Waals surface area contributed by atoms with Crippen molar-refractivity contribution in [3.8, 4) is 0 Å². The van der Waals surface area contributed by atoms with Gasteiger partial charge in [-0.05, 0) is 44.4 Å². The van der Waals surface area contributed by atoms with Gasteiger partial charge in [0.25, 0.3) is 0 Å². The Bertz CT molecular complexity index is 458. The fourth-order valence-electron chi connectivity index (χ4n) is 1.51. The fourth-order valence-corrected chi connectivity index (χ4v) is 1.88. The van der Waals surface area contributed by atoms with Crippen molar-refractivity contribution in [3.05, 3.63) is 40.1 Å². The number of benzene rings is 1. The quantitative estimate of drug-likeness (QED) is 0.837. The van der Waals surface area contributed by atoms with Gasteiger partial charge in [-0.15, -0.1) is 0 Å². The minimum atomic E-state index is -0.281. The summed E-state index contributed by atoms with van der Waals surface area (Å²) in [5.74, 6) is 0. The van der Waals surface area contributed by atoms with Crippen LogP contribution in [0.2, 0.25) is 5.02 Å². The highest BCUT2D eigenvalue weighted by atomic mass is 35.5. The van der Waals surface area contributed by atoms with E-state index in [-0.39, 0.29) is 6.03 Å². The van der Waals surface area contributed by atoms with E-state index < -0.39 is 0 Å². The number of carbonyl (C=O) groups is 1. The third kappa shape index (κ3) is 4.08. The molecule has 18 heavy (non-hydrogen) atoms. The Balaban J connectivity index is 2.77. The van der Waals surface area contributed by atoms with E-state index in [1.165, 1.54) is 0 Å². The maximum atomic E-state index is 11.7. The molecule has 0 saturated heterocycles. The van der Waals surface area contributed by atoms with Crippen LogP contribution in [0, 0.1) is 13.8 Å². The van der Waals surface area contributed by atoms with Gasteiger partial charge in [-0.3, -0.25) is 0 Å². The average molecular weight is 267 g/mol. The van der Waals surface area contributed by atoms with Crippen molar-refractivity contribution >= 4 is 23.3 Å².